The van der Waals surface area contributed by atoms with Gasteiger partial charge in [-0.3, -0.25) is 14.7 Å². The number of carbonyl (C=O) groups is 1. The van der Waals surface area contributed by atoms with Crippen molar-refractivity contribution >= 4 is 21.9 Å². The third kappa shape index (κ3) is 4.40. The molecule has 0 saturated heterocycles. The fourth-order valence-electron chi connectivity index (χ4n) is 1.12. The Morgan fingerprint density at radius 2 is 2.33 bits per heavy atom. The van der Waals surface area contributed by atoms with E-state index in [1.807, 2.05) is 24.1 Å². The molecule has 0 spiro atoms. The summed E-state index contributed by atoms with van der Waals surface area (Å²) in [6.07, 6.45) is 1.74. The first kappa shape index (κ1) is 12.1. The molecule has 4 nitrogen and oxygen atoms in total. The largest absolute Gasteiger partial charge is 0.468 e. The molecule has 0 fully saturated rings. The molecule has 82 valence electrons. The van der Waals surface area contributed by atoms with Crippen molar-refractivity contribution in [3.63, 3.8) is 0 Å². The van der Waals surface area contributed by atoms with E-state index in [2.05, 4.69) is 25.7 Å². The molecule has 0 amide bonds. The van der Waals surface area contributed by atoms with E-state index >= 15 is 0 Å². The molecule has 15 heavy (non-hydrogen) atoms. The van der Waals surface area contributed by atoms with Gasteiger partial charge in [-0.1, -0.05) is 0 Å². The minimum absolute atomic E-state index is 0.241. The van der Waals surface area contributed by atoms with Crippen LogP contribution in [0.15, 0.2) is 22.8 Å². The van der Waals surface area contributed by atoms with Crippen molar-refractivity contribution in [2.45, 2.75) is 6.54 Å². The second-order valence-corrected chi connectivity index (χ2v) is 4.13. The predicted molar refractivity (Wildman–Crippen MR) is 60.3 cm³/mol. The van der Waals surface area contributed by atoms with Gasteiger partial charge in [-0.05, 0) is 35.1 Å². The highest BCUT2D eigenvalue weighted by Crippen LogP contribution is 2.08. The molecule has 0 unspecified atom stereocenters. The van der Waals surface area contributed by atoms with Crippen LogP contribution in [0.2, 0.25) is 0 Å². The number of ether oxygens (including phenoxy) is 1. The Labute approximate surface area is 97.4 Å². The maximum absolute atomic E-state index is 11.0. The number of likely N-dealkylation sites (N-methyl/N-ethyl adjacent to an activating group) is 1. The normalized spacial score (nSPS) is 10.4. The van der Waals surface area contributed by atoms with Crippen LogP contribution in [0.25, 0.3) is 0 Å². The Hall–Kier alpha value is -0.940. The van der Waals surface area contributed by atoms with Gasteiger partial charge in [0.1, 0.15) is 0 Å². The smallest absolute Gasteiger partial charge is 0.319 e. The number of pyridine rings is 1. The number of nitrogens with zero attached hydrogens (tertiary/aromatic N) is 2. The van der Waals surface area contributed by atoms with Crippen molar-refractivity contribution in [3.8, 4) is 0 Å². The molecule has 0 aromatic carbocycles. The molecule has 0 saturated carbocycles. The van der Waals surface area contributed by atoms with Gasteiger partial charge in [0, 0.05) is 17.2 Å². The van der Waals surface area contributed by atoms with Gasteiger partial charge in [0.2, 0.25) is 0 Å². The SMILES string of the molecule is COC(=O)CN(C)Cc1ccc(Br)cn1. The summed E-state index contributed by atoms with van der Waals surface area (Å²) in [5.74, 6) is -0.241. The van der Waals surface area contributed by atoms with Crippen LogP contribution in [0.5, 0.6) is 0 Å². The molecule has 1 aromatic rings. The Morgan fingerprint density at radius 3 is 2.87 bits per heavy atom. The maximum Gasteiger partial charge on any atom is 0.319 e. The number of halogens is 1. The summed E-state index contributed by atoms with van der Waals surface area (Å²) in [7, 11) is 3.23. The lowest BCUT2D eigenvalue weighted by Crippen LogP contribution is -2.26. The first-order valence-electron chi connectivity index (χ1n) is 4.47. The molecule has 0 N–H and O–H groups in total. The third-order valence-corrected chi connectivity index (χ3v) is 2.32. The zero-order valence-electron chi connectivity index (χ0n) is 8.74. The monoisotopic (exact) mass is 272 g/mol. The highest BCUT2D eigenvalue weighted by molar-refractivity contribution is 9.10. The molecule has 5 heteroatoms. The number of carbonyl (C=O) groups excluding carboxylic acids is 1. The topological polar surface area (TPSA) is 42.4 Å². The van der Waals surface area contributed by atoms with E-state index in [-0.39, 0.29) is 12.5 Å². The second-order valence-electron chi connectivity index (χ2n) is 3.22. The van der Waals surface area contributed by atoms with Crippen LogP contribution in [-0.4, -0.2) is 36.6 Å². The number of rotatable bonds is 4. The Morgan fingerprint density at radius 1 is 1.60 bits per heavy atom. The molecule has 1 heterocycles. The van der Waals surface area contributed by atoms with Gasteiger partial charge in [-0.2, -0.15) is 0 Å². The van der Waals surface area contributed by atoms with Crippen LogP contribution in [-0.2, 0) is 16.1 Å². The Bertz CT molecular complexity index is 327. The summed E-state index contributed by atoms with van der Waals surface area (Å²) in [6, 6.07) is 3.84. The quantitative estimate of drug-likeness (QED) is 0.779. The highest BCUT2D eigenvalue weighted by Gasteiger charge is 2.07. The first-order valence-corrected chi connectivity index (χ1v) is 5.27. The van der Waals surface area contributed by atoms with Crippen molar-refractivity contribution in [3.05, 3.63) is 28.5 Å². The lowest BCUT2D eigenvalue weighted by molar-refractivity contribution is -0.141. The van der Waals surface area contributed by atoms with Crippen LogP contribution in [0, 0.1) is 0 Å². The van der Waals surface area contributed by atoms with Gasteiger partial charge in [0.15, 0.2) is 0 Å². The van der Waals surface area contributed by atoms with Gasteiger partial charge in [-0.25, -0.2) is 0 Å². The lowest BCUT2D eigenvalue weighted by Gasteiger charge is -2.14. The van der Waals surface area contributed by atoms with Crippen LogP contribution in [0.3, 0.4) is 0 Å². The van der Waals surface area contributed by atoms with E-state index in [1.165, 1.54) is 7.11 Å². The van der Waals surface area contributed by atoms with Crippen molar-refractivity contribution in [2.24, 2.45) is 0 Å². The van der Waals surface area contributed by atoms with Crippen LogP contribution in [0.1, 0.15) is 5.69 Å². The maximum atomic E-state index is 11.0. The zero-order valence-corrected chi connectivity index (χ0v) is 10.3. The van der Waals surface area contributed by atoms with Gasteiger partial charge in [0.25, 0.3) is 0 Å². The van der Waals surface area contributed by atoms with Crippen molar-refractivity contribution in [1.82, 2.24) is 9.88 Å². The summed E-state index contributed by atoms with van der Waals surface area (Å²) in [5.41, 5.74) is 0.921. The molecule has 1 aromatic heterocycles. The molecule has 0 radical (unpaired) electrons. The zero-order chi connectivity index (χ0) is 11.3. The second kappa shape index (κ2) is 5.82. The standard InChI is InChI=1S/C10H13BrN2O2/c1-13(7-10(14)15-2)6-9-4-3-8(11)5-12-9/h3-5H,6-7H2,1-2H3. The molecule has 0 bridgehead atoms. The van der Waals surface area contributed by atoms with Crippen LogP contribution < -0.4 is 0 Å². The van der Waals surface area contributed by atoms with E-state index in [0.29, 0.717) is 6.54 Å². The fraction of sp³-hybridized carbons (Fsp3) is 0.400. The lowest BCUT2D eigenvalue weighted by atomic mass is 10.3. The number of esters is 1. The van der Waals surface area contributed by atoms with Gasteiger partial charge in [-0.15, -0.1) is 0 Å². The molecule has 0 atom stereocenters. The minimum Gasteiger partial charge on any atom is -0.468 e. The van der Waals surface area contributed by atoms with Crippen molar-refractivity contribution in [2.75, 3.05) is 20.7 Å². The Balaban J connectivity index is 2.47. The van der Waals surface area contributed by atoms with Crippen LogP contribution >= 0.6 is 15.9 Å². The molecule has 0 aliphatic rings. The molecular formula is C10H13BrN2O2. The number of hydrogen-bond donors (Lipinski definition) is 0. The molecule has 1 rings (SSSR count). The number of aromatic nitrogens is 1. The summed E-state index contributed by atoms with van der Waals surface area (Å²) in [4.78, 5) is 17.0. The molecule has 0 aliphatic carbocycles. The average molecular weight is 273 g/mol. The van der Waals surface area contributed by atoms with E-state index in [9.17, 15) is 4.79 Å². The highest BCUT2D eigenvalue weighted by atomic mass is 79.9. The van der Waals surface area contributed by atoms with E-state index in [1.54, 1.807) is 6.20 Å². The van der Waals surface area contributed by atoms with Gasteiger partial charge < -0.3 is 4.74 Å². The van der Waals surface area contributed by atoms with Gasteiger partial charge in [0.05, 0.1) is 19.3 Å². The van der Waals surface area contributed by atoms with Gasteiger partial charge >= 0.3 is 5.97 Å². The molecular weight excluding hydrogens is 260 g/mol. The summed E-state index contributed by atoms with van der Waals surface area (Å²) >= 11 is 3.31. The van der Waals surface area contributed by atoms with E-state index < -0.39 is 0 Å². The first-order chi connectivity index (χ1) is 7.11. The summed E-state index contributed by atoms with van der Waals surface area (Å²) < 4.78 is 5.52. The van der Waals surface area contributed by atoms with E-state index in [0.717, 1.165) is 10.2 Å². The fourth-order valence-corrected chi connectivity index (χ4v) is 1.35. The van der Waals surface area contributed by atoms with Crippen molar-refractivity contribution in [1.29, 1.82) is 0 Å². The van der Waals surface area contributed by atoms with E-state index in [4.69, 9.17) is 0 Å². The summed E-state index contributed by atoms with van der Waals surface area (Å²) in [5, 5.41) is 0. The minimum atomic E-state index is -0.241. The van der Waals surface area contributed by atoms with Crippen LogP contribution in [0.4, 0.5) is 0 Å². The third-order valence-electron chi connectivity index (χ3n) is 1.85. The average Bonchev–Trinajstić information content (AvgIpc) is 2.21. The molecule has 0 aliphatic heterocycles. The number of hydrogen-bond acceptors (Lipinski definition) is 4. The number of methoxy groups -OCH3 is 1. The summed E-state index contributed by atoms with van der Waals surface area (Å²) in [6.45, 7) is 0.899. The predicted octanol–water partition coefficient (Wildman–Crippen LogP) is 1.45. The Kier molecular flexibility index (Phi) is 4.71. The van der Waals surface area contributed by atoms with Crippen molar-refractivity contribution < 1.29 is 9.53 Å².